The van der Waals surface area contributed by atoms with E-state index in [2.05, 4.69) is 10.3 Å². The van der Waals surface area contributed by atoms with Gasteiger partial charge in [0.05, 0.1) is 13.2 Å². The maximum atomic E-state index is 12.4. The second kappa shape index (κ2) is 7.70. The summed E-state index contributed by atoms with van der Waals surface area (Å²) in [4.78, 5) is 16.7. The van der Waals surface area contributed by atoms with Gasteiger partial charge in [0, 0.05) is 12.1 Å². The number of benzene rings is 1. The smallest absolute Gasteiger partial charge is 0.273 e. The Morgan fingerprint density at radius 3 is 2.68 bits per heavy atom. The third-order valence-corrected chi connectivity index (χ3v) is 4.76. The molecule has 1 amide bonds. The van der Waals surface area contributed by atoms with Gasteiger partial charge in [0.1, 0.15) is 11.5 Å². The van der Waals surface area contributed by atoms with Crippen LogP contribution in [-0.2, 0) is 0 Å². The van der Waals surface area contributed by atoms with Crippen LogP contribution in [0.4, 0.5) is 0 Å². The highest BCUT2D eigenvalue weighted by Crippen LogP contribution is 2.27. The number of oxazole rings is 1. The van der Waals surface area contributed by atoms with Crippen molar-refractivity contribution >= 4 is 5.91 Å². The van der Waals surface area contributed by atoms with Crippen LogP contribution in [0.2, 0.25) is 0 Å². The van der Waals surface area contributed by atoms with E-state index in [1.54, 1.807) is 14.0 Å². The van der Waals surface area contributed by atoms with Gasteiger partial charge in [0.2, 0.25) is 5.89 Å². The number of nitrogens with zero attached hydrogens (tertiary/aromatic N) is 1. The zero-order valence-electron chi connectivity index (χ0n) is 14.6. The van der Waals surface area contributed by atoms with E-state index in [0.29, 0.717) is 11.7 Å². The number of aliphatic hydroxyl groups excluding tert-OH is 1. The number of amides is 1. The fourth-order valence-electron chi connectivity index (χ4n) is 3.25. The summed E-state index contributed by atoms with van der Waals surface area (Å²) in [5, 5.41) is 12.9. The Balaban J connectivity index is 1.65. The maximum Gasteiger partial charge on any atom is 0.273 e. The Kier molecular flexibility index (Phi) is 5.38. The molecule has 0 radical (unpaired) electrons. The minimum Gasteiger partial charge on any atom is -0.497 e. The standard InChI is InChI=1S/C19H24N2O4/c1-12-17(18(23)20-11-16(22)13-5-3-4-6-13)21-19(25-12)14-7-9-15(24-2)10-8-14/h7-10,13,16,22H,3-6,11H2,1-2H3,(H,20,23). The normalized spacial score (nSPS) is 16.0. The monoisotopic (exact) mass is 344 g/mol. The molecule has 0 spiro atoms. The number of methoxy groups -OCH3 is 1. The van der Waals surface area contributed by atoms with Crippen LogP contribution in [0.15, 0.2) is 28.7 Å². The number of hydrogen-bond acceptors (Lipinski definition) is 5. The van der Waals surface area contributed by atoms with Crippen LogP contribution in [0.1, 0.15) is 41.9 Å². The van der Waals surface area contributed by atoms with E-state index in [1.165, 1.54) is 0 Å². The predicted molar refractivity (Wildman–Crippen MR) is 93.5 cm³/mol. The number of carbonyl (C=O) groups is 1. The Morgan fingerprint density at radius 2 is 2.04 bits per heavy atom. The molecular weight excluding hydrogens is 320 g/mol. The third-order valence-electron chi connectivity index (χ3n) is 4.76. The molecule has 134 valence electrons. The van der Waals surface area contributed by atoms with Gasteiger partial charge in [-0.2, -0.15) is 0 Å². The summed E-state index contributed by atoms with van der Waals surface area (Å²) in [5.74, 6) is 1.55. The Labute approximate surface area is 147 Å². The lowest BCUT2D eigenvalue weighted by atomic mass is 10.0. The SMILES string of the molecule is COc1ccc(-c2nc(C(=O)NCC(O)C3CCCC3)c(C)o2)cc1. The summed E-state index contributed by atoms with van der Waals surface area (Å²) in [6, 6.07) is 7.28. The summed E-state index contributed by atoms with van der Waals surface area (Å²) < 4.78 is 10.8. The number of aliphatic hydroxyl groups is 1. The molecule has 0 bridgehead atoms. The minimum atomic E-state index is -0.500. The van der Waals surface area contributed by atoms with Crippen molar-refractivity contribution in [3.05, 3.63) is 35.7 Å². The average Bonchev–Trinajstić information content (AvgIpc) is 3.29. The van der Waals surface area contributed by atoms with Crippen LogP contribution in [0.3, 0.4) is 0 Å². The average molecular weight is 344 g/mol. The lowest BCUT2D eigenvalue weighted by molar-refractivity contribution is 0.0836. The largest absolute Gasteiger partial charge is 0.497 e. The molecule has 6 heteroatoms. The zero-order chi connectivity index (χ0) is 17.8. The molecule has 25 heavy (non-hydrogen) atoms. The lowest BCUT2D eigenvalue weighted by Gasteiger charge is -2.17. The minimum absolute atomic E-state index is 0.244. The van der Waals surface area contributed by atoms with Gasteiger partial charge in [-0.1, -0.05) is 12.8 Å². The summed E-state index contributed by atoms with van der Waals surface area (Å²) in [6.45, 7) is 1.95. The maximum absolute atomic E-state index is 12.4. The van der Waals surface area contributed by atoms with Crippen LogP contribution in [0.5, 0.6) is 5.75 Å². The lowest BCUT2D eigenvalue weighted by Crippen LogP contribution is -2.36. The van der Waals surface area contributed by atoms with Gasteiger partial charge in [-0.25, -0.2) is 4.98 Å². The number of nitrogens with one attached hydrogen (secondary N) is 1. The number of ether oxygens (including phenoxy) is 1. The molecule has 0 aliphatic heterocycles. The van der Waals surface area contributed by atoms with E-state index in [4.69, 9.17) is 9.15 Å². The summed E-state index contributed by atoms with van der Waals surface area (Å²) >= 11 is 0. The van der Waals surface area contributed by atoms with Crippen LogP contribution in [-0.4, -0.2) is 35.8 Å². The molecule has 1 unspecified atom stereocenters. The van der Waals surface area contributed by atoms with Crippen LogP contribution >= 0.6 is 0 Å². The van der Waals surface area contributed by atoms with Crippen molar-refractivity contribution in [3.63, 3.8) is 0 Å². The molecule has 1 fully saturated rings. The van der Waals surface area contributed by atoms with E-state index in [9.17, 15) is 9.90 Å². The first-order valence-corrected chi connectivity index (χ1v) is 8.66. The summed E-state index contributed by atoms with van der Waals surface area (Å²) in [5.41, 5.74) is 1.03. The first-order chi connectivity index (χ1) is 12.1. The fraction of sp³-hybridized carbons (Fsp3) is 0.474. The first kappa shape index (κ1) is 17.5. The zero-order valence-corrected chi connectivity index (χ0v) is 14.6. The van der Waals surface area contributed by atoms with Crippen molar-refractivity contribution in [2.45, 2.75) is 38.7 Å². The van der Waals surface area contributed by atoms with E-state index in [1.807, 2.05) is 24.3 Å². The van der Waals surface area contributed by atoms with Crippen LogP contribution < -0.4 is 10.1 Å². The molecule has 1 aliphatic carbocycles. The Morgan fingerprint density at radius 1 is 1.36 bits per heavy atom. The van der Waals surface area contributed by atoms with Gasteiger partial charge in [-0.15, -0.1) is 0 Å². The van der Waals surface area contributed by atoms with E-state index in [-0.39, 0.29) is 24.1 Å². The molecule has 1 aromatic carbocycles. The third kappa shape index (κ3) is 4.02. The van der Waals surface area contributed by atoms with Crippen molar-refractivity contribution in [3.8, 4) is 17.2 Å². The molecular formula is C19H24N2O4. The number of hydrogen-bond donors (Lipinski definition) is 2. The Hall–Kier alpha value is -2.34. The summed E-state index contributed by atoms with van der Waals surface area (Å²) in [7, 11) is 1.60. The quantitative estimate of drug-likeness (QED) is 0.842. The molecule has 1 aliphatic rings. The topological polar surface area (TPSA) is 84.6 Å². The van der Waals surface area contributed by atoms with E-state index in [0.717, 1.165) is 37.0 Å². The highest BCUT2D eigenvalue weighted by Gasteiger charge is 2.24. The van der Waals surface area contributed by atoms with Gasteiger partial charge >= 0.3 is 0 Å². The summed E-state index contributed by atoms with van der Waals surface area (Å²) in [6.07, 6.45) is 3.87. The van der Waals surface area contributed by atoms with Crippen molar-refractivity contribution in [1.82, 2.24) is 10.3 Å². The van der Waals surface area contributed by atoms with Gasteiger partial charge in [0.25, 0.3) is 5.91 Å². The molecule has 0 saturated heterocycles. The highest BCUT2D eigenvalue weighted by molar-refractivity contribution is 5.93. The molecule has 6 nitrogen and oxygen atoms in total. The van der Waals surface area contributed by atoms with Crippen molar-refractivity contribution in [2.24, 2.45) is 5.92 Å². The Bertz CT molecular complexity index is 718. The molecule has 2 aromatic rings. The van der Waals surface area contributed by atoms with E-state index >= 15 is 0 Å². The van der Waals surface area contributed by atoms with Crippen LogP contribution in [0.25, 0.3) is 11.5 Å². The molecule has 1 saturated carbocycles. The molecule has 3 rings (SSSR count). The van der Waals surface area contributed by atoms with Crippen molar-refractivity contribution < 1.29 is 19.1 Å². The van der Waals surface area contributed by atoms with Gasteiger partial charge in [-0.05, 0) is 49.9 Å². The number of aromatic nitrogens is 1. The van der Waals surface area contributed by atoms with Crippen molar-refractivity contribution in [2.75, 3.05) is 13.7 Å². The molecule has 2 N–H and O–H groups in total. The van der Waals surface area contributed by atoms with Crippen molar-refractivity contribution in [1.29, 1.82) is 0 Å². The first-order valence-electron chi connectivity index (χ1n) is 8.66. The number of rotatable bonds is 6. The van der Waals surface area contributed by atoms with E-state index < -0.39 is 6.10 Å². The predicted octanol–water partition coefficient (Wildman–Crippen LogP) is 2.94. The van der Waals surface area contributed by atoms with Gasteiger partial charge < -0.3 is 19.6 Å². The van der Waals surface area contributed by atoms with Gasteiger partial charge in [0.15, 0.2) is 5.69 Å². The second-order valence-electron chi connectivity index (χ2n) is 6.47. The molecule has 1 atom stereocenters. The highest BCUT2D eigenvalue weighted by atomic mass is 16.5. The van der Waals surface area contributed by atoms with Crippen LogP contribution in [0, 0.1) is 12.8 Å². The fourth-order valence-corrected chi connectivity index (χ4v) is 3.25. The number of aryl methyl sites for hydroxylation is 1. The van der Waals surface area contributed by atoms with Gasteiger partial charge in [-0.3, -0.25) is 4.79 Å². The molecule has 1 aromatic heterocycles. The number of carbonyl (C=O) groups excluding carboxylic acids is 1. The second-order valence-corrected chi connectivity index (χ2v) is 6.47. The molecule has 1 heterocycles.